The summed E-state index contributed by atoms with van der Waals surface area (Å²) in [5.74, 6) is 0.969. The fourth-order valence-electron chi connectivity index (χ4n) is 5.17. The van der Waals surface area contributed by atoms with E-state index in [1.165, 1.54) is 7.11 Å². The fraction of sp³-hybridized carbons (Fsp3) is 0.867. The Morgan fingerprint density at radius 1 is 1.33 bits per heavy atom. The second-order valence-corrected chi connectivity index (χ2v) is 7.17. The molecule has 100 valence electrons. The van der Waals surface area contributed by atoms with E-state index in [-0.39, 0.29) is 17.3 Å². The van der Waals surface area contributed by atoms with Crippen LogP contribution in [0.5, 0.6) is 0 Å². The minimum atomic E-state index is -0.456. The van der Waals surface area contributed by atoms with E-state index < -0.39 is 5.41 Å². The summed E-state index contributed by atoms with van der Waals surface area (Å²) in [5.41, 5.74) is -0.184. The highest BCUT2D eigenvalue weighted by molar-refractivity contribution is 5.93. The number of methoxy groups -OCH3 is 1. The topological polar surface area (TPSA) is 43.4 Å². The Labute approximate surface area is 108 Å². The van der Waals surface area contributed by atoms with Gasteiger partial charge in [-0.2, -0.15) is 0 Å². The Kier molecular flexibility index (Phi) is 2.43. The lowest BCUT2D eigenvalue weighted by atomic mass is 9.43. The van der Waals surface area contributed by atoms with Crippen LogP contribution in [0, 0.1) is 28.6 Å². The molecule has 0 unspecified atom stereocenters. The van der Waals surface area contributed by atoms with E-state index in [0.29, 0.717) is 24.0 Å². The summed E-state index contributed by atoms with van der Waals surface area (Å²) in [6.07, 6.45) is 4.53. The van der Waals surface area contributed by atoms with Crippen LogP contribution in [0.3, 0.4) is 0 Å². The summed E-state index contributed by atoms with van der Waals surface area (Å²) in [6.45, 7) is 4.51. The van der Waals surface area contributed by atoms with Crippen LogP contribution in [0.15, 0.2) is 0 Å². The van der Waals surface area contributed by atoms with Gasteiger partial charge in [0.05, 0.1) is 12.5 Å². The molecule has 0 radical (unpaired) electrons. The van der Waals surface area contributed by atoms with Crippen molar-refractivity contribution in [3.05, 3.63) is 0 Å². The maximum absolute atomic E-state index is 12.3. The van der Waals surface area contributed by atoms with Gasteiger partial charge in [0.2, 0.25) is 0 Å². The number of hydrogen-bond donors (Lipinski definition) is 0. The van der Waals surface area contributed by atoms with Crippen molar-refractivity contribution in [2.75, 3.05) is 7.11 Å². The molecule has 0 spiro atoms. The van der Waals surface area contributed by atoms with Crippen LogP contribution in [0.1, 0.15) is 46.0 Å². The maximum atomic E-state index is 12.3. The molecule has 3 aliphatic rings. The SMILES string of the molecule is COC(=O)[C@@]12CCCC(=O)[C@@H]1[C@H]1CC(C)(C)C[C@H]12. The molecule has 0 amide bonds. The number of Topliss-reactive ketones (excluding diaryl/α,β-unsaturated/α-hetero) is 1. The molecule has 0 saturated heterocycles. The summed E-state index contributed by atoms with van der Waals surface area (Å²) >= 11 is 0. The van der Waals surface area contributed by atoms with E-state index in [1.807, 2.05) is 0 Å². The third-order valence-electron chi connectivity index (χ3n) is 5.65. The molecule has 4 atom stereocenters. The molecule has 0 N–H and O–H groups in total. The highest BCUT2D eigenvalue weighted by atomic mass is 16.5. The average molecular weight is 250 g/mol. The zero-order chi connectivity index (χ0) is 13.1. The van der Waals surface area contributed by atoms with Crippen LogP contribution in [-0.2, 0) is 14.3 Å². The van der Waals surface area contributed by atoms with E-state index >= 15 is 0 Å². The van der Waals surface area contributed by atoms with Gasteiger partial charge in [-0.1, -0.05) is 13.8 Å². The van der Waals surface area contributed by atoms with E-state index in [4.69, 9.17) is 4.74 Å². The maximum Gasteiger partial charge on any atom is 0.312 e. The standard InChI is InChI=1S/C15H22O3/c1-14(2)7-9-10(8-14)15(13(17)18-3)6-4-5-11(16)12(9)15/h9-10,12H,4-8H2,1-3H3/t9-,10+,12-,15+/m0/s1. The molecule has 0 aromatic heterocycles. The van der Waals surface area contributed by atoms with Crippen molar-refractivity contribution in [3.63, 3.8) is 0 Å². The first-order valence-electron chi connectivity index (χ1n) is 7.03. The zero-order valence-corrected chi connectivity index (χ0v) is 11.5. The first kappa shape index (κ1) is 12.2. The van der Waals surface area contributed by atoms with E-state index in [9.17, 15) is 9.59 Å². The van der Waals surface area contributed by atoms with Crippen molar-refractivity contribution in [1.82, 2.24) is 0 Å². The van der Waals surface area contributed by atoms with Gasteiger partial charge in [0, 0.05) is 12.3 Å². The molecule has 0 bridgehead atoms. The molecule has 3 rings (SSSR count). The van der Waals surface area contributed by atoms with E-state index in [2.05, 4.69) is 13.8 Å². The lowest BCUT2D eigenvalue weighted by molar-refractivity contribution is -0.195. The minimum absolute atomic E-state index is 0.0366. The monoisotopic (exact) mass is 250 g/mol. The van der Waals surface area contributed by atoms with Crippen LogP contribution in [0.4, 0.5) is 0 Å². The first-order valence-corrected chi connectivity index (χ1v) is 7.03. The Morgan fingerprint density at radius 2 is 2.06 bits per heavy atom. The molecule has 3 fully saturated rings. The normalized spacial score (nSPS) is 44.8. The zero-order valence-electron chi connectivity index (χ0n) is 11.5. The van der Waals surface area contributed by atoms with Gasteiger partial charge in [-0.3, -0.25) is 9.59 Å². The third-order valence-corrected chi connectivity index (χ3v) is 5.65. The van der Waals surface area contributed by atoms with E-state index in [0.717, 1.165) is 25.7 Å². The minimum Gasteiger partial charge on any atom is -0.469 e. The lowest BCUT2D eigenvalue weighted by Gasteiger charge is -2.58. The molecule has 0 heterocycles. The molecular formula is C15H22O3. The lowest BCUT2D eigenvalue weighted by Crippen LogP contribution is -2.63. The first-order chi connectivity index (χ1) is 8.42. The Hall–Kier alpha value is -0.860. The molecule has 3 aliphatic carbocycles. The Morgan fingerprint density at radius 3 is 2.72 bits per heavy atom. The molecule has 0 aromatic carbocycles. The van der Waals surface area contributed by atoms with Crippen molar-refractivity contribution in [2.45, 2.75) is 46.0 Å². The van der Waals surface area contributed by atoms with Crippen molar-refractivity contribution in [3.8, 4) is 0 Å². The van der Waals surface area contributed by atoms with Gasteiger partial charge in [0.25, 0.3) is 0 Å². The number of carbonyl (C=O) groups excluding carboxylic acids is 2. The molecule has 18 heavy (non-hydrogen) atoms. The highest BCUT2D eigenvalue weighted by Gasteiger charge is 2.72. The van der Waals surface area contributed by atoms with Gasteiger partial charge >= 0.3 is 5.97 Å². The van der Waals surface area contributed by atoms with Crippen LogP contribution in [0.2, 0.25) is 0 Å². The second-order valence-electron chi connectivity index (χ2n) is 7.17. The molecular weight excluding hydrogens is 228 g/mol. The number of ether oxygens (including phenoxy) is 1. The number of carbonyl (C=O) groups is 2. The quantitative estimate of drug-likeness (QED) is 0.672. The number of rotatable bonds is 1. The summed E-state index contributed by atoms with van der Waals surface area (Å²) in [6, 6.07) is 0. The number of ketones is 1. The Bertz CT molecular complexity index is 412. The van der Waals surface area contributed by atoms with Gasteiger partial charge in [-0.25, -0.2) is 0 Å². The third kappa shape index (κ3) is 1.31. The van der Waals surface area contributed by atoms with Crippen LogP contribution in [-0.4, -0.2) is 18.9 Å². The molecule has 3 nitrogen and oxygen atoms in total. The van der Waals surface area contributed by atoms with Gasteiger partial charge in [-0.15, -0.1) is 0 Å². The largest absolute Gasteiger partial charge is 0.469 e. The number of esters is 1. The van der Waals surface area contributed by atoms with E-state index in [1.54, 1.807) is 0 Å². The number of fused-ring (bicyclic) bond motifs is 4. The summed E-state index contributed by atoms with van der Waals surface area (Å²) in [7, 11) is 1.46. The molecule has 3 heteroatoms. The highest BCUT2D eigenvalue weighted by Crippen LogP contribution is 2.70. The van der Waals surface area contributed by atoms with Crippen molar-refractivity contribution in [1.29, 1.82) is 0 Å². The molecule has 0 aliphatic heterocycles. The summed E-state index contributed by atoms with van der Waals surface area (Å²) in [4.78, 5) is 24.5. The fourth-order valence-corrected chi connectivity index (χ4v) is 5.17. The van der Waals surface area contributed by atoms with Gasteiger partial charge in [0.15, 0.2) is 0 Å². The Balaban J connectivity index is 1.99. The number of hydrogen-bond acceptors (Lipinski definition) is 3. The van der Waals surface area contributed by atoms with Gasteiger partial charge in [0.1, 0.15) is 5.78 Å². The van der Waals surface area contributed by atoms with Crippen molar-refractivity contribution in [2.24, 2.45) is 28.6 Å². The molecule has 0 aromatic rings. The second kappa shape index (κ2) is 3.58. The van der Waals surface area contributed by atoms with Crippen molar-refractivity contribution < 1.29 is 14.3 Å². The van der Waals surface area contributed by atoms with Gasteiger partial charge in [-0.05, 0) is 42.9 Å². The average Bonchev–Trinajstić information content (AvgIpc) is 2.59. The predicted molar refractivity (Wildman–Crippen MR) is 66.8 cm³/mol. The predicted octanol–water partition coefficient (Wildman–Crippen LogP) is 2.58. The van der Waals surface area contributed by atoms with Crippen LogP contribution in [0.25, 0.3) is 0 Å². The van der Waals surface area contributed by atoms with Gasteiger partial charge < -0.3 is 4.74 Å². The molecule has 3 saturated carbocycles. The van der Waals surface area contributed by atoms with Crippen LogP contribution < -0.4 is 0 Å². The van der Waals surface area contributed by atoms with Crippen LogP contribution >= 0.6 is 0 Å². The summed E-state index contributed by atoms with van der Waals surface area (Å²) in [5, 5.41) is 0. The van der Waals surface area contributed by atoms with Crippen molar-refractivity contribution >= 4 is 11.8 Å². The summed E-state index contributed by atoms with van der Waals surface area (Å²) < 4.78 is 5.05. The smallest absolute Gasteiger partial charge is 0.312 e.